The molecule has 0 amide bonds. The topological polar surface area (TPSA) is 78.9 Å². The van der Waals surface area contributed by atoms with Crippen LogP contribution in [0.2, 0.25) is 0 Å². The Bertz CT molecular complexity index is 1340. The molecule has 1 unspecified atom stereocenters. The van der Waals surface area contributed by atoms with Crippen molar-refractivity contribution >= 4 is 17.9 Å². The van der Waals surface area contributed by atoms with Crippen LogP contribution in [0.4, 0.5) is 0 Å². The van der Waals surface area contributed by atoms with E-state index in [9.17, 15) is 14.4 Å². The summed E-state index contributed by atoms with van der Waals surface area (Å²) in [6.07, 6.45) is 66.5. The van der Waals surface area contributed by atoms with Crippen LogP contribution < -0.4 is 0 Å². The van der Waals surface area contributed by atoms with Gasteiger partial charge in [-0.25, -0.2) is 0 Å². The SMILES string of the molecule is CC/C=C\C/C=C\C/C=C\C/C=C\C/C=C\C/C=C\CCC(=O)OCC(COC(=O)CCCCCCC)OC(=O)CCCCCCCC/C=C\C/C=C\C/C=C\C/C=C\CC. The van der Waals surface area contributed by atoms with Crippen LogP contribution in [0.1, 0.15) is 188 Å². The molecule has 0 aliphatic rings. The number of allylic oxidation sites excluding steroid dienone is 20. The van der Waals surface area contributed by atoms with Gasteiger partial charge in [0.15, 0.2) is 6.10 Å². The maximum atomic E-state index is 12.7. The summed E-state index contributed by atoms with van der Waals surface area (Å²) >= 11 is 0. The first-order chi connectivity index (χ1) is 30.0. The van der Waals surface area contributed by atoms with E-state index < -0.39 is 6.10 Å². The Kier molecular flexibility index (Phi) is 45.1. The molecule has 0 aliphatic heterocycles. The van der Waals surface area contributed by atoms with Gasteiger partial charge in [-0.15, -0.1) is 0 Å². The van der Waals surface area contributed by atoms with Crippen molar-refractivity contribution < 1.29 is 28.6 Å². The highest BCUT2D eigenvalue weighted by molar-refractivity contribution is 5.71. The number of carbonyl (C=O) groups is 3. The molecule has 0 saturated heterocycles. The van der Waals surface area contributed by atoms with Crippen molar-refractivity contribution in [2.45, 2.75) is 194 Å². The third-order valence-electron chi connectivity index (χ3n) is 9.48. The standard InChI is InChI=1S/C55H86O6/c1-4-7-10-13-15-17-19-21-23-25-27-29-31-33-35-37-39-42-45-48-54(57)60-51-52(50-59-53(56)47-44-41-12-9-6-3)61-55(58)49-46-43-40-38-36-34-32-30-28-26-24-22-20-18-16-14-11-8-5-2/h7-8,10-11,15-18,21-24,27-30,33,35,39,42,52H,4-6,9,12-14,19-20,25-26,31-32,34,36-38,40-41,43-51H2,1-3H3/b10-7-,11-8-,17-15-,18-16-,23-21-,24-22-,29-27-,30-28-,35-33-,42-39-. The van der Waals surface area contributed by atoms with E-state index in [4.69, 9.17) is 14.2 Å². The average Bonchev–Trinajstić information content (AvgIpc) is 3.26. The molecule has 1 atom stereocenters. The molecule has 6 heteroatoms. The molecule has 0 rings (SSSR count). The molecule has 6 nitrogen and oxygen atoms in total. The smallest absolute Gasteiger partial charge is 0.306 e. The Balaban J connectivity index is 4.37. The van der Waals surface area contributed by atoms with Gasteiger partial charge >= 0.3 is 17.9 Å². The number of ether oxygens (including phenoxy) is 3. The fraction of sp³-hybridized carbons (Fsp3) is 0.582. The molecule has 0 aromatic carbocycles. The van der Waals surface area contributed by atoms with E-state index in [0.29, 0.717) is 19.3 Å². The van der Waals surface area contributed by atoms with Crippen LogP contribution in [0.15, 0.2) is 122 Å². The van der Waals surface area contributed by atoms with Crippen molar-refractivity contribution in [2.24, 2.45) is 0 Å². The number of unbranched alkanes of at least 4 members (excludes halogenated alkanes) is 10. The molecule has 0 fully saturated rings. The molecular weight excluding hydrogens is 757 g/mol. The van der Waals surface area contributed by atoms with E-state index >= 15 is 0 Å². The third kappa shape index (κ3) is 46.7. The fourth-order valence-electron chi connectivity index (χ4n) is 5.93. The van der Waals surface area contributed by atoms with Gasteiger partial charge in [0.05, 0.1) is 0 Å². The minimum Gasteiger partial charge on any atom is -0.462 e. The lowest BCUT2D eigenvalue weighted by Crippen LogP contribution is -2.30. The molecule has 0 heterocycles. The second-order valence-electron chi connectivity index (χ2n) is 15.3. The Morgan fingerprint density at radius 1 is 0.344 bits per heavy atom. The first-order valence-electron chi connectivity index (χ1n) is 24.0. The summed E-state index contributed by atoms with van der Waals surface area (Å²) in [6, 6.07) is 0. The second kappa shape index (κ2) is 48.5. The van der Waals surface area contributed by atoms with Gasteiger partial charge in [0.1, 0.15) is 13.2 Å². The highest BCUT2D eigenvalue weighted by atomic mass is 16.6. The van der Waals surface area contributed by atoms with E-state index in [-0.39, 0.29) is 37.5 Å². The minimum atomic E-state index is -0.815. The van der Waals surface area contributed by atoms with E-state index in [1.807, 2.05) is 12.2 Å². The van der Waals surface area contributed by atoms with Gasteiger partial charge in [0.2, 0.25) is 0 Å². The molecule has 0 aromatic heterocycles. The number of hydrogen-bond donors (Lipinski definition) is 0. The summed E-state index contributed by atoms with van der Waals surface area (Å²) < 4.78 is 16.5. The Morgan fingerprint density at radius 3 is 1.10 bits per heavy atom. The monoisotopic (exact) mass is 843 g/mol. The van der Waals surface area contributed by atoms with Gasteiger partial charge in [-0.1, -0.05) is 194 Å². The van der Waals surface area contributed by atoms with Gasteiger partial charge in [0.25, 0.3) is 0 Å². The van der Waals surface area contributed by atoms with Crippen molar-refractivity contribution in [1.29, 1.82) is 0 Å². The Hall–Kier alpha value is -4.19. The summed E-state index contributed by atoms with van der Waals surface area (Å²) in [5, 5.41) is 0. The number of carbonyl (C=O) groups excluding carboxylic acids is 3. The lowest BCUT2D eigenvalue weighted by molar-refractivity contribution is -0.166. The summed E-state index contributed by atoms with van der Waals surface area (Å²) in [4.78, 5) is 37.6. The predicted molar refractivity (Wildman–Crippen MR) is 260 cm³/mol. The minimum absolute atomic E-state index is 0.112. The highest BCUT2D eigenvalue weighted by Crippen LogP contribution is 2.12. The van der Waals surface area contributed by atoms with E-state index in [2.05, 4.69) is 130 Å². The first kappa shape index (κ1) is 56.8. The van der Waals surface area contributed by atoms with Crippen molar-refractivity contribution in [3.63, 3.8) is 0 Å². The summed E-state index contributed by atoms with van der Waals surface area (Å²) in [5.41, 5.74) is 0. The summed E-state index contributed by atoms with van der Waals surface area (Å²) in [5.74, 6) is -1.04. The highest BCUT2D eigenvalue weighted by Gasteiger charge is 2.19. The largest absolute Gasteiger partial charge is 0.462 e. The number of esters is 3. The predicted octanol–water partition coefficient (Wildman–Crippen LogP) is 15.7. The van der Waals surface area contributed by atoms with Crippen molar-refractivity contribution in [3.8, 4) is 0 Å². The van der Waals surface area contributed by atoms with Crippen LogP contribution in [0, 0.1) is 0 Å². The van der Waals surface area contributed by atoms with Gasteiger partial charge in [-0.05, 0) is 96.3 Å². The fourth-order valence-corrected chi connectivity index (χ4v) is 5.93. The molecule has 61 heavy (non-hydrogen) atoms. The molecule has 0 aromatic rings. The van der Waals surface area contributed by atoms with Crippen molar-refractivity contribution in [3.05, 3.63) is 122 Å². The molecule has 0 aliphatic carbocycles. The Labute approximate surface area is 373 Å². The maximum absolute atomic E-state index is 12.7. The van der Waals surface area contributed by atoms with Gasteiger partial charge in [-0.2, -0.15) is 0 Å². The zero-order valence-corrected chi connectivity index (χ0v) is 38.9. The third-order valence-corrected chi connectivity index (χ3v) is 9.48. The van der Waals surface area contributed by atoms with E-state index in [1.165, 1.54) is 12.8 Å². The molecular formula is C55H86O6. The normalized spacial score (nSPS) is 13.2. The molecule has 0 bridgehead atoms. The van der Waals surface area contributed by atoms with Crippen LogP contribution in [0.3, 0.4) is 0 Å². The van der Waals surface area contributed by atoms with Gasteiger partial charge < -0.3 is 14.2 Å². The lowest BCUT2D eigenvalue weighted by atomic mass is 10.1. The average molecular weight is 843 g/mol. The van der Waals surface area contributed by atoms with Crippen molar-refractivity contribution in [1.82, 2.24) is 0 Å². The lowest BCUT2D eigenvalue weighted by Gasteiger charge is -2.18. The van der Waals surface area contributed by atoms with Gasteiger partial charge in [0, 0.05) is 19.3 Å². The van der Waals surface area contributed by atoms with Crippen LogP contribution >= 0.6 is 0 Å². The first-order valence-corrected chi connectivity index (χ1v) is 24.0. The second-order valence-corrected chi connectivity index (χ2v) is 15.3. The van der Waals surface area contributed by atoms with Crippen LogP contribution in [0.5, 0.6) is 0 Å². The maximum Gasteiger partial charge on any atom is 0.306 e. The molecule has 342 valence electrons. The summed E-state index contributed by atoms with van der Waals surface area (Å²) in [7, 11) is 0. The van der Waals surface area contributed by atoms with Crippen LogP contribution in [-0.2, 0) is 28.6 Å². The summed E-state index contributed by atoms with van der Waals surface area (Å²) in [6.45, 7) is 6.22. The quantitative estimate of drug-likeness (QED) is 0.0264. The van der Waals surface area contributed by atoms with Crippen LogP contribution in [0.25, 0.3) is 0 Å². The molecule has 0 radical (unpaired) electrons. The molecule has 0 saturated carbocycles. The van der Waals surface area contributed by atoms with Crippen molar-refractivity contribution in [2.75, 3.05) is 13.2 Å². The molecule has 0 N–H and O–H groups in total. The zero-order valence-electron chi connectivity index (χ0n) is 38.9. The number of hydrogen-bond acceptors (Lipinski definition) is 6. The van der Waals surface area contributed by atoms with Gasteiger partial charge in [-0.3, -0.25) is 14.4 Å². The van der Waals surface area contributed by atoms with E-state index in [1.54, 1.807) is 0 Å². The zero-order chi connectivity index (χ0) is 44.4. The molecule has 0 spiro atoms. The number of rotatable bonds is 41. The van der Waals surface area contributed by atoms with Crippen LogP contribution in [-0.4, -0.2) is 37.2 Å². The van der Waals surface area contributed by atoms with E-state index in [0.717, 1.165) is 128 Å². The Morgan fingerprint density at radius 2 is 0.672 bits per heavy atom.